The summed E-state index contributed by atoms with van der Waals surface area (Å²) in [6.07, 6.45) is -1.33. The third-order valence-electron chi connectivity index (χ3n) is 0. The summed E-state index contributed by atoms with van der Waals surface area (Å²) in [5.74, 6) is 0. The first kappa shape index (κ1) is 8.83. The Morgan fingerprint density at radius 2 is 1.80 bits per heavy atom. The molecule has 34 valence electrons. The minimum absolute atomic E-state index is 0. The summed E-state index contributed by atoms with van der Waals surface area (Å²) in [6, 6.07) is 0. The van der Waals surface area contributed by atoms with Crippen molar-refractivity contribution in [3.63, 3.8) is 0 Å². The van der Waals surface area contributed by atoms with Gasteiger partial charge in [0.25, 0.3) is 0 Å². The Kier molecular flexibility index (Phi) is 6.65. The molecule has 0 aliphatic carbocycles. The molecule has 5 heavy (non-hydrogen) atoms. The standard InChI is InChI=1S/CH3NO2.Ni/c2-1(3)4;/h2H2,(H,3,4);. The summed E-state index contributed by atoms with van der Waals surface area (Å²) in [6.45, 7) is 0. The van der Waals surface area contributed by atoms with Gasteiger partial charge in [-0.3, -0.25) is 0 Å². The molecule has 1 amide bonds. The first-order valence-corrected chi connectivity index (χ1v) is 0.716. The topological polar surface area (TPSA) is 63.3 Å². The van der Waals surface area contributed by atoms with E-state index in [1.165, 1.54) is 0 Å². The number of hydrogen-bond donors (Lipinski definition) is 2. The summed E-state index contributed by atoms with van der Waals surface area (Å²) in [4.78, 5) is 8.78. The van der Waals surface area contributed by atoms with Gasteiger partial charge in [-0.1, -0.05) is 0 Å². The molecule has 4 heteroatoms. The van der Waals surface area contributed by atoms with Gasteiger partial charge < -0.3 is 10.8 Å². The fourth-order valence-electron chi connectivity index (χ4n) is 0. The smallest absolute Gasteiger partial charge is 0.402 e. The molecule has 0 heterocycles. The molecule has 0 unspecified atom stereocenters. The third kappa shape index (κ3) is 209. The van der Waals surface area contributed by atoms with Crippen molar-refractivity contribution in [1.29, 1.82) is 0 Å². The van der Waals surface area contributed by atoms with Crippen molar-refractivity contribution in [2.45, 2.75) is 0 Å². The molecular weight excluding hydrogens is 117 g/mol. The maximum Gasteiger partial charge on any atom is 0.402 e. The van der Waals surface area contributed by atoms with Crippen molar-refractivity contribution in [3.05, 3.63) is 0 Å². The number of hydrogen-bond acceptors (Lipinski definition) is 1. The summed E-state index contributed by atoms with van der Waals surface area (Å²) in [5.41, 5.74) is 4.03. The van der Waals surface area contributed by atoms with E-state index < -0.39 is 6.09 Å². The average molecular weight is 120 g/mol. The number of rotatable bonds is 0. The number of nitrogens with two attached hydrogens (primary N) is 1. The van der Waals surface area contributed by atoms with E-state index in [0.717, 1.165) is 0 Å². The van der Waals surface area contributed by atoms with Crippen molar-refractivity contribution in [3.8, 4) is 0 Å². The van der Waals surface area contributed by atoms with E-state index in [0.29, 0.717) is 0 Å². The summed E-state index contributed by atoms with van der Waals surface area (Å²) in [5, 5.41) is 7.19. The molecule has 0 saturated heterocycles. The molecule has 3 N–H and O–H groups in total. The Labute approximate surface area is 39.1 Å². The fourth-order valence-corrected chi connectivity index (χ4v) is 0. The van der Waals surface area contributed by atoms with Gasteiger partial charge in [0.05, 0.1) is 0 Å². The van der Waals surface area contributed by atoms with Gasteiger partial charge in [0.2, 0.25) is 0 Å². The van der Waals surface area contributed by atoms with Gasteiger partial charge in [0.15, 0.2) is 0 Å². The number of amides is 1. The maximum absolute atomic E-state index is 8.78. The Hall–Kier alpha value is -0.236. The van der Waals surface area contributed by atoms with Crippen LogP contribution in [0.4, 0.5) is 4.79 Å². The summed E-state index contributed by atoms with van der Waals surface area (Å²) in [7, 11) is 0. The normalized spacial score (nSPS) is 4.80. The molecule has 0 bridgehead atoms. The van der Waals surface area contributed by atoms with Crippen LogP contribution in [0.5, 0.6) is 0 Å². The van der Waals surface area contributed by atoms with E-state index >= 15 is 0 Å². The quantitative estimate of drug-likeness (QED) is 0.427. The molecule has 0 aromatic carbocycles. The molecule has 0 aliphatic rings. The van der Waals surface area contributed by atoms with Crippen LogP contribution in [0.2, 0.25) is 0 Å². The fraction of sp³-hybridized carbons (Fsp3) is 0. The van der Waals surface area contributed by atoms with Crippen LogP contribution < -0.4 is 5.73 Å². The monoisotopic (exact) mass is 119 g/mol. The number of primary amides is 1. The second kappa shape index (κ2) is 3.76. The molecule has 0 aromatic rings. The van der Waals surface area contributed by atoms with Gasteiger partial charge in [-0.25, -0.2) is 4.79 Å². The predicted molar refractivity (Wildman–Crippen MR) is 12.2 cm³/mol. The molecular formula is CH3NNiO2. The summed E-state index contributed by atoms with van der Waals surface area (Å²) >= 11 is 0. The molecule has 0 saturated carbocycles. The minimum atomic E-state index is -1.33. The zero-order chi connectivity index (χ0) is 3.58. The Balaban J connectivity index is 0. The van der Waals surface area contributed by atoms with Crippen LogP contribution in [0.15, 0.2) is 0 Å². The second-order valence-corrected chi connectivity index (χ2v) is 0.338. The first-order chi connectivity index (χ1) is 1.73. The van der Waals surface area contributed by atoms with Crippen LogP contribution in [0.25, 0.3) is 0 Å². The molecule has 0 aromatic heterocycles. The van der Waals surface area contributed by atoms with E-state index in [1.54, 1.807) is 0 Å². The predicted octanol–water partition coefficient (Wildman–Crippen LogP) is -0.379. The van der Waals surface area contributed by atoms with Gasteiger partial charge in [-0.2, -0.15) is 0 Å². The molecule has 0 radical (unpaired) electrons. The van der Waals surface area contributed by atoms with Crippen molar-refractivity contribution in [1.82, 2.24) is 0 Å². The molecule has 0 rings (SSSR count). The van der Waals surface area contributed by atoms with Crippen LogP contribution in [0.1, 0.15) is 0 Å². The van der Waals surface area contributed by atoms with Crippen LogP contribution in [0.3, 0.4) is 0 Å². The third-order valence-corrected chi connectivity index (χ3v) is 0. The molecule has 3 nitrogen and oxygen atoms in total. The zero-order valence-corrected chi connectivity index (χ0v) is 3.24. The van der Waals surface area contributed by atoms with Crippen LogP contribution in [-0.2, 0) is 16.5 Å². The van der Waals surface area contributed by atoms with E-state index in [1.807, 2.05) is 0 Å². The van der Waals surface area contributed by atoms with Gasteiger partial charge in [-0.15, -0.1) is 0 Å². The van der Waals surface area contributed by atoms with Crippen molar-refractivity contribution < 1.29 is 26.4 Å². The van der Waals surface area contributed by atoms with Gasteiger partial charge in [0.1, 0.15) is 0 Å². The number of carbonyl (C=O) groups is 1. The maximum atomic E-state index is 8.78. The Morgan fingerprint density at radius 3 is 1.80 bits per heavy atom. The number of carboxylic acid groups (broad SMARTS) is 1. The summed E-state index contributed by atoms with van der Waals surface area (Å²) < 4.78 is 0. The average Bonchev–Trinajstić information content (AvgIpc) is 0.811. The van der Waals surface area contributed by atoms with E-state index in [9.17, 15) is 0 Å². The van der Waals surface area contributed by atoms with Crippen LogP contribution in [0, 0.1) is 0 Å². The Morgan fingerprint density at radius 1 is 1.80 bits per heavy atom. The SMILES string of the molecule is NC(=O)O.[Ni]. The zero-order valence-electron chi connectivity index (χ0n) is 2.25. The molecule has 0 atom stereocenters. The molecule has 0 fully saturated rings. The van der Waals surface area contributed by atoms with Crippen LogP contribution >= 0.6 is 0 Å². The van der Waals surface area contributed by atoms with E-state index in [-0.39, 0.29) is 16.5 Å². The van der Waals surface area contributed by atoms with Gasteiger partial charge >= 0.3 is 6.09 Å². The second-order valence-electron chi connectivity index (χ2n) is 0.338. The first-order valence-electron chi connectivity index (χ1n) is 0.716. The largest absolute Gasteiger partial charge is 0.465 e. The van der Waals surface area contributed by atoms with Crippen molar-refractivity contribution >= 4 is 6.09 Å². The molecule has 0 spiro atoms. The van der Waals surface area contributed by atoms with Crippen molar-refractivity contribution in [2.75, 3.05) is 0 Å². The van der Waals surface area contributed by atoms with Gasteiger partial charge in [0, 0.05) is 16.5 Å². The Bertz CT molecular complexity index is 32.6. The van der Waals surface area contributed by atoms with Crippen LogP contribution in [-0.4, -0.2) is 11.2 Å². The van der Waals surface area contributed by atoms with E-state index in [4.69, 9.17) is 9.90 Å². The van der Waals surface area contributed by atoms with Gasteiger partial charge in [-0.05, 0) is 0 Å². The molecule has 0 aliphatic heterocycles. The van der Waals surface area contributed by atoms with E-state index in [2.05, 4.69) is 5.73 Å². The van der Waals surface area contributed by atoms with Crippen molar-refractivity contribution in [2.24, 2.45) is 5.73 Å². The minimum Gasteiger partial charge on any atom is -0.465 e.